The van der Waals surface area contributed by atoms with Crippen molar-refractivity contribution in [1.82, 2.24) is 0 Å². The summed E-state index contributed by atoms with van der Waals surface area (Å²) in [5.41, 5.74) is 7.91. The van der Waals surface area contributed by atoms with E-state index in [2.05, 4.69) is 23.5 Å². The van der Waals surface area contributed by atoms with Crippen LogP contribution in [-0.4, -0.2) is 24.2 Å². The van der Waals surface area contributed by atoms with Gasteiger partial charge in [-0.25, -0.2) is 0 Å². The van der Waals surface area contributed by atoms with Crippen LogP contribution in [0.2, 0.25) is 0 Å². The fourth-order valence-electron chi connectivity index (χ4n) is 3.15. The molecule has 3 N–H and O–H groups in total. The molecule has 2 atom stereocenters. The topological polar surface area (TPSA) is 47.3 Å². The molecule has 0 radical (unpaired) electrons. The van der Waals surface area contributed by atoms with E-state index < -0.39 is 0 Å². The Kier molecular flexibility index (Phi) is 4.08. The third-order valence-corrected chi connectivity index (χ3v) is 4.49. The van der Waals surface area contributed by atoms with Gasteiger partial charge in [0.15, 0.2) is 0 Å². The van der Waals surface area contributed by atoms with Crippen LogP contribution in [0.4, 0.5) is 5.69 Å². The highest BCUT2D eigenvalue weighted by molar-refractivity contribution is 7.80. The normalized spacial score (nSPS) is 21.6. The molecule has 1 aliphatic carbocycles. The molecule has 1 saturated carbocycles. The molecule has 3 nitrogen and oxygen atoms in total. The third kappa shape index (κ3) is 2.87. The number of hydrogen-bond acceptors (Lipinski definition) is 3. The van der Waals surface area contributed by atoms with Crippen molar-refractivity contribution in [2.24, 2.45) is 5.73 Å². The van der Waals surface area contributed by atoms with E-state index in [1.807, 2.05) is 18.2 Å². The SMILES string of the molecule is COC1CCC(Nc2ccc(C(N)=S)c3ccccc23)C1. The second-order valence-corrected chi connectivity index (χ2v) is 6.02. The van der Waals surface area contributed by atoms with Crippen LogP contribution >= 0.6 is 12.2 Å². The minimum absolute atomic E-state index is 0.379. The number of methoxy groups -OCH3 is 1. The third-order valence-electron chi connectivity index (χ3n) is 4.27. The average Bonchev–Trinajstić information content (AvgIpc) is 2.95. The van der Waals surface area contributed by atoms with Crippen LogP contribution in [0.15, 0.2) is 36.4 Å². The van der Waals surface area contributed by atoms with Crippen LogP contribution in [0.1, 0.15) is 24.8 Å². The van der Waals surface area contributed by atoms with Gasteiger partial charge in [-0.3, -0.25) is 0 Å². The number of anilines is 1. The fraction of sp³-hybridized carbons (Fsp3) is 0.353. The van der Waals surface area contributed by atoms with Gasteiger partial charge in [-0.2, -0.15) is 0 Å². The van der Waals surface area contributed by atoms with Crippen molar-refractivity contribution in [3.8, 4) is 0 Å². The standard InChI is InChI=1S/C17H20N2OS/c1-20-12-7-6-11(10-12)19-16-9-8-15(17(18)21)13-4-2-3-5-14(13)16/h2-5,8-9,11-12,19H,6-7,10H2,1H3,(H2,18,21). The number of ether oxygens (including phenoxy) is 1. The van der Waals surface area contributed by atoms with Gasteiger partial charge in [-0.1, -0.05) is 36.5 Å². The Balaban J connectivity index is 1.93. The lowest BCUT2D eigenvalue weighted by Gasteiger charge is -2.17. The number of rotatable bonds is 4. The molecule has 0 bridgehead atoms. The zero-order chi connectivity index (χ0) is 14.8. The first-order valence-corrected chi connectivity index (χ1v) is 7.70. The number of benzene rings is 2. The lowest BCUT2D eigenvalue weighted by molar-refractivity contribution is 0.108. The Morgan fingerprint density at radius 2 is 1.95 bits per heavy atom. The first kappa shape index (κ1) is 14.3. The number of thiocarbonyl (C=S) groups is 1. The van der Waals surface area contributed by atoms with Gasteiger partial charge in [0.2, 0.25) is 0 Å². The largest absolute Gasteiger partial charge is 0.389 e. The summed E-state index contributed by atoms with van der Waals surface area (Å²) in [7, 11) is 1.79. The first-order valence-electron chi connectivity index (χ1n) is 7.30. The summed E-state index contributed by atoms with van der Waals surface area (Å²) in [6.07, 6.45) is 3.70. The van der Waals surface area contributed by atoms with E-state index in [9.17, 15) is 0 Å². The van der Waals surface area contributed by atoms with Gasteiger partial charge in [0.1, 0.15) is 4.99 Å². The van der Waals surface area contributed by atoms with E-state index in [1.165, 1.54) is 5.39 Å². The van der Waals surface area contributed by atoms with Crippen LogP contribution in [-0.2, 0) is 4.74 Å². The van der Waals surface area contributed by atoms with Gasteiger partial charge in [0.05, 0.1) is 6.10 Å². The molecule has 0 spiro atoms. The Hall–Kier alpha value is -1.65. The Morgan fingerprint density at radius 3 is 2.62 bits per heavy atom. The monoisotopic (exact) mass is 300 g/mol. The maximum absolute atomic E-state index is 5.82. The molecule has 2 aromatic rings. The van der Waals surface area contributed by atoms with Gasteiger partial charge in [-0.05, 0) is 36.8 Å². The van der Waals surface area contributed by atoms with Crippen molar-refractivity contribution < 1.29 is 4.74 Å². The number of nitrogens with one attached hydrogen (secondary N) is 1. The molecule has 0 aliphatic heterocycles. The summed E-state index contributed by atoms with van der Waals surface area (Å²) in [6.45, 7) is 0. The minimum atomic E-state index is 0.379. The molecule has 21 heavy (non-hydrogen) atoms. The highest BCUT2D eigenvalue weighted by atomic mass is 32.1. The number of nitrogens with two attached hydrogens (primary N) is 1. The zero-order valence-electron chi connectivity index (χ0n) is 12.1. The molecule has 0 saturated heterocycles. The van der Waals surface area contributed by atoms with Crippen LogP contribution < -0.4 is 11.1 Å². The summed E-state index contributed by atoms with van der Waals surface area (Å²) in [5, 5.41) is 5.93. The van der Waals surface area contributed by atoms with E-state index in [0.717, 1.165) is 35.9 Å². The number of fused-ring (bicyclic) bond motifs is 1. The van der Waals surface area contributed by atoms with E-state index in [4.69, 9.17) is 22.7 Å². The van der Waals surface area contributed by atoms with Crippen molar-refractivity contribution >= 4 is 33.7 Å². The minimum Gasteiger partial charge on any atom is -0.389 e. The maximum Gasteiger partial charge on any atom is 0.104 e. The number of hydrogen-bond donors (Lipinski definition) is 2. The second kappa shape index (κ2) is 6.00. The Labute approximate surface area is 130 Å². The summed E-state index contributed by atoms with van der Waals surface area (Å²) < 4.78 is 5.44. The molecule has 2 unspecified atom stereocenters. The molecule has 1 aliphatic rings. The Morgan fingerprint density at radius 1 is 1.19 bits per heavy atom. The maximum atomic E-state index is 5.82. The van der Waals surface area contributed by atoms with Gasteiger partial charge in [-0.15, -0.1) is 0 Å². The van der Waals surface area contributed by atoms with E-state index in [0.29, 0.717) is 17.1 Å². The summed E-state index contributed by atoms with van der Waals surface area (Å²) >= 11 is 5.15. The molecule has 110 valence electrons. The van der Waals surface area contributed by atoms with Crippen molar-refractivity contribution in [1.29, 1.82) is 0 Å². The predicted octanol–water partition coefficient (Wildman–Crippen LogP) is 3.45. The summed E-state index contributed by atoms with van der Waals surface area (Å²) in [6, 6.07) is 12.8. The molecule has 3 rings (SSSR count). The molecular weight excluding hydrogens is 280 g/mol. The Bertz CT molecular complexity index is 671. The van der Waals surface area contributed by atoms with Crippen molar-refractivity contribution in [3.05, 3.63) is 42.0 Å². The molecule has 0 aromatic heterocycles. The molecule has 2 aromatic carbocycles. The molecular formula is C17H20N2OS. The van der Waals surface area contributed by atoms with Crippen LogP contribution in [0, 0.1) is 0 Å². The quantitative estimate of drug-likeness (QED) is 0.849. The van der Waals surface area contributed by atoms with Gasteiger partial charge >= 0.3 is 0 Å². The predicted molar refractivity (Wildman–Crippen MR) is 91.9 cm³/mol. The molecule has 0 heterocycles. The lowest BCUT2D eigenvalue weighted by atomic mass is 10.0. The van der Waals surface area contributed by atoms with Crippen molar-refractivity contribution in [2.45, 2.75) is 31.4 Å². The summed E-state index contributed by atoms with van der Waals surface area (Å²) in [4.78, 5) is 0.443. The first-order chi connectivity index (χ1) is 10.2. The van der Waals surface area contributed by atoms with E-state index in [1.54, 1.807) is 7.11 Å². The molecule has 0 amide bonds. The van der Waals surface area contributed by atoms with Gasteiger partial charge in [0.25, 0.3) is 0 Å². The van der Waals surface area contributed by atoms with E-state index in [-0.39, 0.29) is 0 Å². The van der Waals surface area contributed by atoms with Crippen LogP contribution in [0.5, 0.6) is 0 Å². The van der Waals surface area contributed by atoms with Crippen molar-refractivity contribution in [3.63, 3.8) is 0 Å². The smallest absolute Gasteiger partial charge is 0.104 e. The highest BCUT2D eigenvalue weighted by Gasteiger charge is 2.24. The lowest BCUT2D eigenvalue weighted by Crippen LogP contribution is -2.18. The van der Waals surface area contributed by atoms with Crippen LogP contribution in [0.3, 0.4) is 0 Å². The highest BCUT2D eigenvalue weighted by Crippen LogP contribution is 2.30. The average molecular weight is 300 g/mol. The van der Waals surface area contributed by atoms with Crippen LogP contribution in [0.25, 0.3) is 10.8 Å². The van der Waals surface area contributed by atoms with Crippen molar-refractivity contribution in [2.75, 3.05) is 12.4 Å². The van der Waals surface area contributed by atoms with E-state index >= 15 is 0 Å². The fourth-order valence-corrected chi connectivity index (χ4v) is 3.32. The zero-order valence-corrected chi connectivity index (χ0v) is 13.0. The van der Waals surface area contributed by atoms with Gasteiger partial charge in [0, 0.05) is 29.8 Å². The second-order valence-electron chi connectivity index (χ2n) is 5.58. The van der Waals surface area contributed by atoms with Gasteiger partial charge < -0.3 is 15.8 Å². The molecule has 4 heteroatoms. The summed E-state index contributed by atoms with van der Waals surface area (Å²) in [5.74, 6) is 0. The molecule has 1 fully saturated rings.